The van der Waals surface area contributed by atoms with Crippen molar-refractivity contribution in [3.05, 3.63) is 101 Å². The summed E-state index contributed by atoms with van der Waals surface area (Å²) in [6.07, 6.45) is 21.7. The molecule has 10 rings (SSSR count). The summed E-state index contributed by atoms with van der Waals surface area (Å²) < 4.78 is 17.2. The van der Waals surface area contributed by atoms with Gasteiger partial charge < -0.3 is 41.6 Å². The number of urea groups is 1. The number of para-hydroxylation sites is 1. The lowest BCUT2D eigenvalue weighted by Crippen LogP contribution is -2.54. The third-order valence-electron chi connectivity index (χ3n) is 15.6. The van der Waals surface area contributed by atoms with E-state index in [1.165, 1.54) is 76.4 Å². The second kappa shape index (κ2) is 18.6. The van der Waals surface area contributed by atoms with Crippen LogP contribution in [0.2, 0.25) is 0 Å². The second-order valence-electron chi connectivity index (χ2n) is 19.8. The number of phenolic OH excluding ortho intramolecular Hbond substituents is 1. The number of rotatable bonds is 7. The van der Waals surface area contributed by atoms with Gasteiger partial charge in [0.25, 0.3) is 0 Å². The number of fused-ring (bicyclic) bond motifs is 3. The Morgan fingerprint density at radius 1 is 0.862 bits per heavy atom. The molecule has 8 N–H and O–H groups in total. The third kappa shape index (κ3) is 9.23. The third-order valence-corrected chi connectivity index (χ3v) is 15.6. The Bertz CT molecular complexity index is 2440. The minimum absolute atomic E-state index is 0.0717. The number of aromatic nitrogens is 2. The van der Waals surface area contributed by atoms with Crippen molar-refractivity contribution in [1.82, 2.24) is 24.7 Å². The number of amides is 3. The van der Waals surface area contributed by atoms with E-state index in [2.05, 4.69) is 50.8 Å². The molecule has 2 saturated carbocycles. The number of aryl methyl sites for hydroxylation is 1. The van der Waals surface area contributed by atoms with Crippen LogP contribution in [0.4, 0.5) is 20.6 Å². The van der Waals surface area contributed by atoms with Gasteiger partial charge in [-0.15, -0.1) is 0 Å². The van der Waals surface area contributed by atoms with Crippen LogP contribution in [-0.2, 0) is 4.79 Å². The normalized spacial score (nSPS) is 23.1. The van der Waals surface area contributed by atoms with Crippen molar-refractivity contribution < 1.29 is 19.1 Å². The van der Waals surface area contributed by atoms with Crippen molar-refractivity contribution in [2.24, 2.45) is 22.6 Å². The molecule has 2 aromatic carbocycles. The number of carbonyl (C=O) groups excluding carboxylic acids is 2. The minimum Gasteiger partial charge on any atom is -0.507 e. The quantitative estimate of drug-likeness (QED) is 0.115. The fraction of sp³-hybridized carbons (Fsp3) is 0.510. The average molecular weight is 887 g/mol. The van der Waals surface area contributed by atoms with Crippen LogP contribution in [0.15, 0.2) is 78.5 Å². The monoisotopic (exact) mass is 887 g/mol. The average Bonchev–Trinajstić information content (AvgIpc) is 3.78. The number of carbonyl (C=O) groups is 2. The maximum absolute atomic E-state index is 14.8. The number of imide groups is 1. The number of likely N-dealkylation sites (tertiary alicyclic amines) is 2. The molecule has 346 valence electrons. The molecule has 1 spiro atoms. The highest BCUT2D eigenvalue weighted by atomic mass is 19.1. The Labute approximate surface area is 382 Å². The zero-order valence-corrected chi connectivity index (χ0v) is 38.2. The van der Waals surface area contributed by atoms with Gasteiger partial charge in [0.1, 0.15) is 23.0 Å². The topological polar surface area (TPSA) is 175 Å². The van der Waals surface area contributed by atoms with E-state index in [4.69, 9.17) is 22.2 Å². The van der Waals surface area contributed by atoms with E-state index in [1.807, 2.05) is 18.2 Å². The van der Waals surface area contributed by atoms with Gasteiger partial charge in [0, 0.05) is 72.7 Å². The van der Waals surface area contributed by atoms with Crippen LogP contribution in [0.25, 0.3) is 16.7 Å². The number of aromatic hydroxyl groups is 1. The fourth-order valence-electron chi connectivity index (χ4n) is 11.8. The summed E-state index contributed by atoms with van der Waals surface area (Å²) in [7, 11) is 2.23. The highest BCUT2D eigenvalue weighted by Crippen LogP contribution is 2.48. The van der Waals surface area contributed by atoms with E-state index in [9.17, 15) is 19.1 Å². The molecule has 65 heavy (non-hydrogen) atoms. The largest absolute Gasteiger partial charge is 0.507 e. The lowest BCUT2D eigenvalue weighted by molar-refractivity contribution is -0.120. The molecular formula is C51H67FN10O3. The van der Waals surface area contributed by atoms with Crippen LogP contribution in [-0.4, -0.2) is 88.3 Å². The van der Waals surface area contributed by atoms with E-state index in [0.29, 0.717) is 47.3 Å². The summed E-state index contributed by atoms with van der Waals surface area (Å²) in [6, 6.07) is 15.4. The van der Waals surface area contributed by atoms with Crippen molar-refractivity contribution in [2.75, 3.05) is 49.6 Å². The molecule has 6 aliphatic rings. The molecule has 2 aromatic heterocycles. The van der Waals surface area contributed by atoms with Crippen molar-refractivity contribution in [3.63, 3.8) is 0 Å². The van der Waals surface area contributed by atoms with Gasteiger partial charge in [-0.05, 0) is 156 Å². The number of halogens is 1. The number of hydrogen-bond donors (Lipinski definition) is 5. The summed E-state index contributed by atoms with van der Waals surface area (Å²) in [4.78, 5) is 37.2. The second-order valence-corrected chi connectivity index (χ2v) is 19.8. The van der Waals surface area contributed by atoms with Crippen LogP contribution in [0.3, 0.4) is 0 Å². The molecule has 6 heterocycles. The molecule has 4 saturated heterocycles. The van der Waals surface area contributed by atoms with Gasteiger partial charge in [-0.1, -0.05) is 31.4 Å². The SMILES string of the molecule is Cc1cn(C2CCC3(CC2)CCN(C)CC3)c2ncc(N3CCC(=O)NC3=O)cc12.NC(N)=C(/C=C(\N)c1ccccc1O)N1CC2CCC(C1)N2c1ccc(F)c(C2CCCCC2)c1. The summed E-state index contributed by atoms with van der Waals surface area (Å²) in [6.45, 7) is 6.49. The van der Waals surface area contributed by atoms with Crippen LogP contribution in [0, 0.1) is 18.2 Å². The van der Waals surface area contributed by atoms with Crippen LogP contribution in [0.5, 0.6) is 5.75 Å². The summed E-state index contributed by atoms with van der Waals surface area (Å²) in [5.41, 5.74) is 25.7. The number of nitrogens with one attached hydrogen (secondary N) is 1. The van der Waals surface area contributed by atoms with E-state index in [-0.39, 0.29) is 41.4 Å². The number of piperidine rings is 1. The lowest BCUT2D eigenvalue weighted by atomic mass is 9.67. The number of anilines is 2. The fourth-order valence-corrected chi connectivity index (χ4v) is 11.8. The number of pyridine rings is 1. The van der Waals surface area contributed by atoms with Gasteiger partial charge >= 0.3 is 6.03 Å². The number of benzene rings is 2. The van der Waals surface area contributed by atoms with E-state index < -0.39 is 0 Å². The Kier molecular flexibility index (Phi) is 12.7. The van der Waals surface area contributed by atoms with Gasteiger partial charge in [-0.2, -0.15) is 0 Å². The Morgan fingerprint density at radius 3 is 2.25 bits per heavy atom. The minimum atomic E-state index is -0.361. The first-order valence-corrected chi connectivity index (χ1v) is 24.0. The van der Waals surface area contributed by atoms with E-state index in [0.717, 1.165) is 66.7 Å². The Morgan fingerprint density at radius 2 is 1.57 bits per heavy atom. The molecule has 6 fully saturated rings. The zero-order valence-electron chi connectivity index (χ0n) is 38.2. The Hall–Kier alpha value is -5.76. The van der Waals surface area contributed by atoms with E-state index >= 15 is 0 Å². The van der Waals surface area contributed by atoms with Crippen molar-refractivity contribution >= 4 is 40.0 Å². The summed E-state index contributed by atoms with van der Waals surface area (Å²) in [5.74, 6) is 0.366. The van der Waals surface area contributed by atoms with Gasteiger partial charge in [-0.25, -0.2) is 14.2 Å². The highest BCUT2D eigenvalue weighted by Gasteiger charge is 2.42. The molecule has 0 radical (unpaired) electrons. The maximum atomic E-state index is 14.8. The molecule has 2 aliphatic carbocycles. The first-order valence-electron chi connectivity index (χ1n) is 24.0. The molecule has 2 unspecified atom stereocenters. The van der Waals surface area contributed by atoms with Gasteiger partial charge in [0.15, 0.2) is 0 Å². The predicted molar refractivity (Wildman–Crippen MR) is 255 cm³/mol. The number of allylic oxidation sites excluding steroid dienone is 1. The van der Waals surface area contributed by atoms with Crippen molar-refractivity contribution in [1.29, 1.82) is 0 Å². The molecule has 3 amide bonds. The smallest absolute Gasteiger partial charge is 0.328 e. The van der Waals surface area contributed by atoms with Crippen molar-refractivity contribution in [3.8, 4) is 5.75 Å². The van der Waals surface area contributed by atoms with Gasteiger partial charge in [-0.3, -0.25) is 15.0 Å². The number of hydrogen-bond acceptors (Lipinski definition) is 10. The van der Waals surface area contributed by atoms with Crippen LogP contribution in [0.1, 0.15) is 119 Å². The van der Waals surface area contributed by atoms with E-state index in [1.54, 1.807) is 41.4 Å². The molecule has 4 aromatic rings. The molecule has 2 bridgehead atoms. The first-order chi connectivity index (χ1) is 31.4. The number of nitrogens with two attached hydrogens (primary N) is 3. The van der Waals surface area contributed by atoms with Crippen molar-refractivity contribution in [2.45, 2.75) is 121 Å². The Balaban J connectivity index is 0.000000166. The standard InChI is InChI=1S/C28H36FN5O.C23H31N5O2/c29-24-13-12-19(14-23(24)18-6-2-1-3-7-18)34-20-10-11-21(34)17-33(16-20)26(28(31)32)15-25(30)22-8-4-5-9-27(22)35;1-16-15-28(17-3-6-23(7-4-17)8-11-26(2)12-9-23)21-19(16)13-18(14-24-21)27-10-5-20(29)25-22(27)30/h4-5,8-9,12-15,18,20-21,35H,1-3,6-7,10-11,16-17,30-32H2;13-15,17H,3-12H2,1-2H3,(H,25,29,30)/b25-15-;. The molecule has 2 atom stereocenters. The maximum Gasteiger partial charge on any atom is 0.328 e. The predicted octanol–water partition coefficient (Wildman–Crippen LogP) is 7.94. The lowest BCUT2D eigenvalue weighted by Gasteiger charge is -2.45. The van der Waals surface area contributed by atoms with Gasteiger partial charge in [0.2, 0.25) is 5.91 Å². The number of phenols is 1. The highest BCUT2D eigenvalue weighted by molar-refractivity contribution is 6.06. The molecule has 14 heteroatoms. The number of nitrogens with zero attached hydrogens (tertiary/aromatic N) is 6. The van der Waals surface area contributed by atoms with Crippen LogP contribution >= 0.6 is 0 Å². The molecule has 4 aliphatic heterocycles. The first kappa shape index (κ1) is 44.4. The zero-order chi connectivity index (χ0) is 45.4. The summed E-state index contributed by atoms with van der Waals surface area (Å²) >= 11 is 0. The molecule has 13 nitrogen and oxygen atoms in total. The number of piperazine rings is 1. The molecular weight excluding hydrogens is 820 g/mol. The van der Waals surface area contributed by atoms with Crippen LogP contribution < -0.4 is 32.3 Å². The van der Waals surface area contributed by atoms with Gasteiger partial charge in [0.05, 0.1) is 17.6 Å². The summed E-state index contributed by atoms with van der Waals surface area (Å²) in [5, 5.41) is 13.7.